The van der Waals surface area contributed by atoms with Crippen LogP contribution >= 0.6 is 0 Å². The minimum Gasteiger partial charge on any atom is -0.403 e. The second kappa shape index (κ2) is 4.50. The Morgan fingerprint density at radius 2 is 2.25 bits per heavy atom. The Balaban J connectivity index is 3.12. The third-order valence-corrected chi connectivity index (χ3v) is 1.03. The highest BCUT2D eigenvalue weighted by molar-refractivity contribution is 4.91. The standard InChI is InChI=1S/C6H14N2/c1-2-3-4-6(8)5-7/h5H,2-4,7-8H2,1H3. The molecular formula is C6H14N2. The van der Waals surface area contributed by atoms with Gasteiger partial charge in [-0.15, -0.1) is 0 Å². The topological polar surface area (TPSA) is 52.0 Å². The van der Waals surface area contributed by atoms with Crippen LogP contribution in [0.25, 0.3) is 0 Å². The van der Waals surface area contributed by atoms with Crippen molar-refractivity contribution < 1.29 is 0 Å². The highest BCUT2D eigenvalue weighted by Gasteiger charge is 1.84. The Morgan fingerprint density at radius 3 is 2.62 bits per heavy atom. The van der Waals surface area contributed by atoms with E-state index in [1.807, 2.05) is 0 Å². The Morgan fingerprint density at radius 1 is 1.62 bits per heavy atom. The van der Waals surface area contributed by atoms with Gasteiger partial charge in [-0.3, -0.25) is 0 Å². The van der Waals surface area contributed by atoms with Crippen LogP contribution in [0.2, 0.25) is 0 Å². The second-order valence-corrected chi connectivity index (χ2v) is 1.85. The molecule has 0 saturated heterocycles. The highest BCUT2D eigenvalue weighted by Crippen LogP contribution is 1.98. The molecule has 0 aliphatic heterocycles. The predicted octanol–water partition coefficient (Wildman–Crippen LogP) is 0.935. The summed E-state index contributed by atoms with van der Waals surface area (Å²) in [5.41, 5.74) is 11.3. The van der Waals surface area contributed by atoms with Gasteiger partial charge in [0.15, 0.2) is 0 Å². The lowest BCUT2D eigenvalue weighted by Crippen LogP contribution is -1.99. The zero-order valence-corrected chi connectivity index (χ0v) is 5.35. The maximum absolute atomic E-state index is 5.40. The first-order chi connectivity index (χ1) is 3.81. The van der Waals surface area contributed by atoms with Gasteiger partial charge < -0.3 is 11.5 Å². The van der Waals surface area contributed by atoms with E-state index in [2.05, 4.69) is 6.92 Å². The summed E-state index contributed by atoms with van der Waals surface area (Å²) in [6.45, 7) is 2.13. The molecule has 2 nitrogen and oxygen atoms in total. The molecule has 0 radical (unpaired) electrons. The molecule has 0 atom stereocenters. The summed E-state index contributed by atoms with van der Waals surface area (Å²) in [6, 6.07) is 0. The molecule has 48 valence electrons. The average molecular weight is 114 g/mol. The molecule has 2 heteroatoms. The largest absolute Gasteiger partial charge is 0.403 e. The average Bonchev–Trinajstić information content (AvgIpc) is 1.83. The summed E-state index contributed by atoms with van der Waals surface area (Å²) in [7, 11) is 0. The molecule has 0 heterocycles. The number of nitrogens with two attached hydrogens (primary N) is 2. The first-order valence-corrected chi connectivity index (χ1v) is 2.97. The van der Waals surface area contributed by atoms with Crippen molar-refractivity contribution in [1.82, 2.24) is 0 Å². The zero-order valence-electron chi connectivity index (χ0n) is 5.35. The molecule has 8 heavy (non-hydrogen) atoms. The SMILES string of the molecule is CCCCC(N)=CN. The summed E-state index contributed by atoms with van der Waals surface area (Å²) >= 11 is 0. The number of unbranched alkanes of at least 4 members (excludes halogenated alkanes) is 1. The lowest BCUT2D eigenvalue weighted by Gasteiger charge is -1.94. The molecule has 0 aliphatic carbocycles. The van der Waals surface area contributed by atoms with Crippen molar-refractivity contribution in [3.63, 3.8) is 0 Å². The van der Waals surface area contributed by atoms with Crippen molar-refractivity contribution >= 4 is 0 Å². The van der Waals surface area contributed by atoms with Crippen molar-refractivity contribution in [3.05, 3.63) is 11.9 Å². The number of hydrogen-bond acceptors (Lipinski definition) is 2. The molecule has 0 rings (SSSR count). The number of rotatable bonds is 3. The van der Waals surface area contributed by atoms with E-state index in [0.29, 0.717) is 0 Å². The van der Waals surface area contributed by atoms with E-state index in [4.69, 9.17) is 11.5 Å². The minimum absolute atomic E-state index is 0.798. The van der Waals surface area contributed by atoms with Crippen LogP contribution in [0.4, 0.5) is 0 Å². The van der Waals surface area contributed by atoms with Crippen molar-refractivity contribution in [1.29, 1.82) is 0 Å². The smallest absolute Gasteiger partial charge is 0.0238 e. The lowest BCUT2D eigenvalue weighted by atomic mass is 10.2. The fraction of sp³-hybridized carbons (Fsp3) is 0.667. The molecule has 0 amide bonds. The Bertz CT molecular complexity index is 76.6. The van der Waals surface area contributed by atoms with Gasteiger partial charge in [0.2, 0.25) is 0 Å². The van der Waals surface area contributed by atoms with E-state index in [-0.39, 0.29) is 0 Å². The van der Waals surface area contributed by atoms with Crippen LogP contribution in [0.3, 0.4) is 0 Å². The van der Waals surface area contributed by atoms with E-state index in [1.165, 1.54) is 12.6 Å². The molecule has 0 aliphatic rings. The molecule has 0 bridgehead atoms. The van der Waals surface area contributed by atoms with Gasteiger partial charge >= 0.3 is 0 Å². The molecule has 0 unspecified atom stereocenters. The van der Waals surface area contributed by atoms with Gasteiger partial charge in [-0.1, -0.05) is 13.3 Å². The van der Waals surface area contributed by atoms with Crippen LogP contribution in [0.15, 0.2) is 11.9 Å². The summed E-state index contributed by atoms with van der Waals surface area (Å²) in [5, 5.41) is 0. The normalized spacial score (nSPS) is 11.9. The van der Waals surface area contributed by atoms with E-state index in [9.17, 15) is 0 Å². The van der Waals surface area contributed by atoms with Crippen LogP contribution in [0.1, 0.15) is 26.2 Å². The van der Waals surface area contributed by atoms with Crippen molar-refractivity contribution in [3.8, 4) is 0 Å². The first kappa shape index (κ1) is 7.34. The number of hydrogen-bond donors (Lipinski definition) is 2. The Hall–Kier alpha value is -0.660. The fourth-order valence-electron chi connectivity index (χ4n) is 0.464. The third kappa shape index (κ3) is 3.53. The van der Waals surface area contributed by atoms with E-state index in [1.54, 1.807) is 0 Å². The van der Waals surface area contributed by atoms with Crippen LogP contribution in [-0.4, -0.2) is 0 Å². The zero-order chi connectivity index (χ0) is 6.41. The maximum Gasteiger partial charge on any atom is 0.0238 e. The molecule has 4 N–H and O–H groups in total. The van der Waals surface area contributed by atoms with Crippen molar-refractivity contribution in [2.24, 2.45) is 11.5 Å². The monoisotopic (exact) mass is 114 g/mol. The van der Waals surface area contributed by atoms with Crippen LogP contribution in [0.5, 0.6) is 0 Å². The minimum atomic E-state index is 0.798. The Kier molecular flexibility index (Phi) is 4.13. The van der Waals surface area contributed by atoms with Crippen molar-refractivity contribution in [2.45, 2.75) is 26.2 Å². The molecule has 0 aromatic heterocycles. The quantitative estimate of drug-likeness (QED) is 0.573. The van der Waals surface area contributed by atoms with Crippen LogP contribution in [-0.2, 0) is 0 Å². The van der Waals surface area contributed by atoms with Crippen molar-refractivity contribution in [2.75, 3.05) is 0 Å². The molecule has 0 spiro atoms. The van der Waals surface area contributed by atoms with E-state index in [0.717, 1.165) is 18.5 Å². The molecule has 0 aromatic carbocycles. The summed E-state index contributed by atoms with van der Waals surface area (Å²) in [4.78, 5) is 0. The molecule has 0 aromatic rings. The van der Waals surface area contributed by atoms with Crippen LogP contribution < -0.4 is 11.5 Å². The third-order valence-electron chi connectivity index (χ3n) is 1.03. The van der Waals surface area contributed by atoms with Gasteiger partial charge in [-0.05, 0) is 12.8 Å². The van der Waals surface area contributed by atoms with Gasteiger partial charge in [0.1, 0.15) is 0 Å². The van der Waals surface area contributed by atoms with Gasteiger partial charge in [-0.25, -0.2) is 0 Å². The maximum atomic E-state index is 5.40. The molecular weight excluding hydrogens is 100 g/mol. The highest BCUT2D eigenvalue weighted by atomic mass is 14.6. The molecule has 0 saturated carbocycles. The molecule has 0 fully saturated rings. The predicted molar refractivity (Wildman–Crippen MR) is 36.0 cm³/mol. The van der Waals surface area contributed by atoms with Gasteiger partial charge in [-0.2, -0.15) is 0 Å². The van der Waals surface area contributed by atoms with E-state index < -0.39 is 0 Å². The van der Waals surface area contributed by atoms with Gasteiger partial charge in [0, 0.05) is 11.9 Å². The van der Waals surface area contributed by atoms with Gasteiger partial charge in [0.05, 0.1) is 0 Å². The Labute approximate surface area is 50.6 Å². The first-order valence-electron chi connectivity index (χ1n) is 2.97. The number of allylic oxidation sites excluding steroid dienone is 1. The summed E-state index contributed by atoms with van der Waals surface area (Å²) in [5.74, 6) is 0. The second-order valence-electron chi connectivity index (χ2n) is 1.85. The fourth-order valence-corrected chi connectivity index (χ4v) is 0.464. The lowest BCUT2D eigenvalue weighted by molar-refractivity contribution is 0.779. The van der Waals surface area contributed by atoms with Crippen LogP contribution in [0, 0.1) is 0 Å². The van der Waals surface area contributed by atoms with E-state index >= 15 is 0 Å². The summed E-state index contributed by atoms with van der Waals surface area (Å²) < 4.78 is 0. The van der Waals surface area contributed by atoms with Gasteiger partial charge in [0.25, 0.3) is 0 Å². The summed E-state index contributed by atoms with van der Waals surface area (Å²) in [6.07, 6.45) is 4.72.